The first kappa shape index (κ1) is 24.1. The van der Waals surface area contributed by atoms with E-state index in [1.165, 1.54) is 6.33 Å². The predicted octanol–water partition coefficient (Wildman–Crippen LogP) is 5.49. The van der Waals surface area contributed by atoms with Gasteiger partial charge in [-0.1, -0.05) is 54.6 Å². The van der Waals surface area contributed by atoms with Crippen LogP contribution in [-0.4, -0.2) is 27.3 Å². The van der Waals surface area contributed by atoms with E-state index in [9.17, 15) is 4.79 Å². The highest BCUT2D eigenvalue weighted by atomic mass is 16.5. The van der Waals surface area contributed by atoms with Crippen molar-refractivity contribution in [2.75, 3.05) is 17.2 Å². The van der Waals surface area contributed by atoms with Gasteiger partial charge in [-0.25, -0.2) is 4.68 Å². The lowest BCUT2D eigenvalue weighted by molar-refractivity contribution is -0.113. The van der Waals surface area contributed by atoms with Crippen molar-refractivity contribution in [2.24, 2.45) is 0 Å². The van der Waals surface area contributed by atoms with Gasteiger partial charge < -0.3 is 20.1 Å². The Morgan fingerprint density at radius 1 is 1.00 bits per heavy atom. The second-order valence-electron chi connectivity index (χ2n) is 8.78. The topological polar surface area (TPSA) is 90.3 Å². The van der Waals surface area contributed by atoms with Crippen LogP contribution in [0.2, 0.25) is 0 Å². The van der Waals surface area contributed by atoms with Gasteiger partial charge in [0.05, 0.1) is 12.2 Å². The zero-order valence-corrected chi connectivity index (χ0v) is 21.1. The molecule has 1 aliphatic heterocycles. The van der Waals surface area contributed by atoms with Crippen LogP contribution < -0.4 is 20.1 Å². The number of aromatic nitrogens is 3. The van der Waals surface area contributed by atoms with Crippen molar-refractivity contribution in [3.8, 4) is 11.5 Å². The van der Waals surface area contributed by atoms with Crippen molar-refractivity contribution in [1.29, 1.82) is 0 Å². The molecule has 0 fully saturated rings. The Bertz CT molecular complexity index is 1440. The lowest BCUT2D eigenvalue weighted by Crippen LogP contribution is -2.31. The highest BCUT2D eigenvalue weighted by molar-refractivity contribution is 6.06. The van der Waals surface area contributed by atoms with Gasteiger partial charge in [0.15, 0.2) is 11.5 Å². The molecule has 0 saturated carbocycles. The van der Waals surface area contributed by atoms with Gasteiger partial charge in [-0.05, 0) is 55.7 Å². The van der Waals surface area contributed by atoms with Crippen LogP contribution in [0.25, 0.3) is 0 Å². The Balaban J connectivity index is 1.50. The molecule has 188 valence electrons. The molecule has 0 unspecified atom stereocenters. The maximum Gasteiger partial charge on any atom is 0.255 e. The Labute approximate surface area is 216 Å². The number of hydrogen-bond acceptors (Lipinski definition) is 6. The van der Waals surface area contributed by atoms with Crippen molar-refractivity contribution in [3.05, 3.63) is 107 Å². The molecule has 5 rings (SSSR count). The van der Waals surface area contributed by atoms with E-state index < -0.39 is 6.04 Å². The molecule has 2 N–H and O–H groups in total. The van der Waals surface area contributed by atoms with Crippen LogP contribution in [0.5, 0.6) is 11.5 Å². The molecular formula is C29H29N5O3. The summed E-state index contributed by atoms with van der Waals surface area (Å²) in [5, 5.41) is 10.7. The number of carbonyl (C=O) groups excluding carboxylic acids is 1. The van der Waals surface area contributed by atoms with E-state index >= 15 is 0 Å². The maximum atomic E-state index is 13.7. The first-order valence-corrected chi connectivity index (χ1v) is 12.2. The van der Waals surface area contributed by atoms with Crippen molar-refractivity contribution in [2.45, 2.75) is 33.4 Å². The fourth-order valence-corrected chi connectivity index (χ4v) is 4.41. The molecule has 0 bridgehead atoms. The molecular weight excluding hydrogens is 466 g/mol. The lowest BCUT2D eigenvalue weighted by Gasteiger charge is -2.29. The highest BCUT2D eigenvalue weighted by Crippen LogP contribution is 2.39. The van der Waals surface area contributed by atoms with E-state index in [-0.39, 0.29) is 5.91 Å². The first-order chi connectivity index (χ1) is 18.0. The molecule has 2 heterocycles. The van der Waals surface area contributed by atoms with Crippen molar-refractivity contribution >= 4 is 17.5 Å². The number of rotatable bonds is 8. The van der Waals surface area contributed by atoms with Crippen LogP contribution in [0, 0.1) is 6.92 Å². The van der Waals surface area contributed by atoms with Gasteiger partial charge in [0.25, 0.3) is 5.91 Å². The fraction of sp³-hybridized carbons (Fsp3) is 0.207. The van der Waals surface area contributed by atoms with Gasteiger partial charge >= 0.3 is 0 Å². The van der Waals surface area contributed by atoms with Gasteiger partial charge in [-0.15, -0.1) is 0 Å². The van der Waals surface area contributed by atoms with Gasteiger partial charge in [-0.3, -0.25) is 4.79 Å². The maximum absolute atomic E-state index is 13.7. The number of nitrogens with zero attached hydrogens (tertiary/aromatic N) is 3. The molecule has 1 atom stereocenters. The van der Waals surface area contributed by atoms with Crippen LogP contribution in [0.3, 0.4) is 0 Å². The smallest absolute Gasteiger partial charge is 0.255 e. The number of fused-ring (bicyclic) bond motifs is 1. The van der Waals surface area contributed by atoms with Crippen LogP contribution in [0.15, 0.2) is 90.4 Å². The minimum absolute atomic E-state index is 0.215. The largest absolute Gasteiger partial charge is 0.490 e. The summed E-state index contributed by atoms with van der Waals surface area (Å²) in [5.74, 6) is 1.59. The number of ether oxygens (including phenoxy) is 2. The number of hydrogen-bond donors (Lipinski definition) is 2. The lowest BCUT2D eigenvalue weighted by atomic mass is 9.94. The number of para-hydroxylation sites is 1. The Hall–Kier alpha value is -4.59. The fourth-order valence-electron chi connectivity index (χ4n) is 4.41. The van der Waals surface area contributed by atoms with E-state index in [0.29, 0.717) is 41.9 Å². The summed E-state index contributed by atoms with van der Waals surface area (Å²) < 4.78 is 13.8. The Morgan fingerprint density at radius 2 is 1.78 bits per heavy atom. The normalized spacial score (nSPS) is 14.5. The number of nitrogens with one attached hydrogen (secondary N) is 2. The molecule has 8 nitrogen and oxygen atoms in total. The van der Waals surface area contributed by atoms with Gasteiger partial charge in [0.2, 0.25) is 5.95 Å². The van der Waals surface area contributed by atoms with E-state index in [2.05, 4.69) is 20.7 Å². The number of anilines is 2. The molecule has 37 heavy (non-hydrogen) atoms. The second-order valence-corrected chi connectivity index (χ2v) is 8.78. The third-order valence-electron chi connectivity index (χ3n) is 6.25. The molecule has 1 aromatic heterocycles. The zero-order chi connectivity index (χ0) is 25.8. The summed E-state index contributed by atoms with van der Waals surface area (Å²) >= 11 is 0. The third kappa shape index (κ3) is 5.04. The van der Waals surface area contributed by atoms with Crippen LogP contribution in [0.4, 0.5) is 11.6 Å². The molecule has 4 aromatic rings. The highest BCUT2D eigenvalue weighted by Gasteiger charge is 2.34. The summed E-state index contributed by atoms with van der Waals surface area (Å²) in [6.07, 6.45) is 1.48. The third-order valence-corrected chi connectivity index (χ3v) is 6.25. The second kappa shape index (κ2) is 10.6. The van der Waals surface area contributed by atoms with E-state index in [0.717, 1.165) is 22.4 Å². The van der Waals surface area contributed by atoms with Gasteiger partial charge in [-0.2, -0.15) is 10.1 Å². The molecule has 0 radical (unpaired) electrons. The van der Waals surface area contributed by atoms with Gasteiger partial charge in [0.1, 0.15) is 19.0 Å². The summed E-state index contributed by atoms with van der Waals surface area (Å²) in [5.41, 5.74) is 4.89. The summed E-state index contributed by atoms with van der Waals surface area (Å²) in [6, 6.07) is 22.9. The molecule has 0 saturated heterocycles. The van der Waals surface area contributed by atoms with E-state index in [4.69, 9.17) is 9.47 Å². The predicted molar refractivity (Wildman–Crippen MR) is 143 cm³/mol. The Kier molecular flexibility index (Phi) is 6.89. The minimum atomic E-state index is -0.509. The molecule has 3 aromatic carbocycles. The minimum Gasteiger partial charge on any atom is -0.490 e. The van der Waals surface area contributed by atoms with E-state index in [1.807, 2.05) is 93.6 Å². The quantitative estimate of drug-likeness (QED) is 0.336. The monoisotopic (exact) mass is 495 g/mol. The molecule has 0 aliphatic carbocycles. The van der Waals surface area contributed by atoms with Crippen LogP contribution in [-0.2, 0) is 11.4 Å². The average Bonchev–Trinajstić information content (AvgIpc) is 3.37. The molecule has 1 aliphatic rings. The Morgan fingerprint density at radius 3 is 2.57 bits per heavy atom. The molecule has 8 heteroatoms. The summed E-state index contributed by atoms with van der Waals surface area (Å²) in [7, 11) is 0. The van der Waals surface area contributed by atoms with Gasteiger partial charge in [0, 0.05) is 11.4 Å². The first-order valence-electron chi connectivity index (χ1n) is 12.2. The number of carbonyl (C=O) groups is 1. The van der Waals surface area contributed by atoms with Crippen LogP contribution >= 0.6 is 0 Å². The van der Waals surface area contributed by atoms with Crippen LogP contribution in [0.1, 0.15) is 36.6 Å². The van der Waals surface area contributed by atoms with E-state index in [1.54, 1.807) is 4.68 Å². The van der Waals surface area contributed by atoms with Crippen molar-refractivity contribution < 1.29 is 14.3 Å². The summed E-state index contributed by atoms with van der Waals surface area (Å²) in [6.45, 7) is 6.66. The summed E-state index contributed by atoms with van der Waals surface area (Å²) in [4.78, 5) is 18.0. The number of benzene rings is 3. The standard InChI is InChI=1S/C29H29N5O3/c1-4-36-25-16-22(14-15-24(25)37-17-21-11-6-5-7-12-21)27-26(20(3)32-29-30-18-31-34(27)29)28(35)33-23-13-9-8-10-19(23)2/h5-16,18,27H,4,17H2,1-3H3,(H,33,35)(H,30,31,32)/t27-/m0/s1. The number of allylic oxidation sites excluding steroid dienone is 1. The average molecular weight is 496 g/mol. The van der Waals surface area contributed by atoms with Crippen molar-refractivity contribution in [1.82, 2.24) is 14.8 Å². The zero-order valence-electron chi connectivity index (χ0n) is 21.1. The van der Waals surface area contributed by atoms with Crippen molar-refractivity contribution in [3.63, 3.8) is 0 Å². The molecule has 1 amide bonds. The molecule has 0 spiro atoms. The number of aryl methyl sites for hydroxylation is 1. The SMILES string of the molecule is CCOc1cc([C@H]2C(C(=O)Nc3ccccc3C)=C(C)Nc3ncnn32)ccc1OCc1ccccc1. The number of amides is 1.